The molecule has 1 saturated heterocycles. The van der Waals surface area contributed by atoms with Crippen molar-refractivity contribution in [1.29, 1.82) is 0 Å². The Bertz CT molecular complexity index is 58.3. The van der Waals surface area contributed by atoms with Crippen molar-refractivity contribution >= 4 is 11.4 Å². The third-order valence-corrected chi connectivity index (χ3v) is 0.204. The summed E-state index contributed by atoms with van der Waals surface area (Å²) in [6.07, 6.45) is 0. The van der Waals surface area contributed by atoms with Crippen molar-refractivity contribution in [3.05, 3.63) is 0 Å². The molecule has 1 fully saturated rings. The number of hydrogen-bond donors (Lipinski definition) is 1. The molecule has 1 atom stereocenters. The Hall–Kier alpha value is 1.03. The summed E-state index contributed by atoms with van der Waals surface area (Å²) < 4.78 is 28.6. The van der Waals surface area contributed by atoms with Gasteiger partial charge in [0, 0.05) is 0 Å². The largest absolute Gasteiger partial charge is 1.00 e. The molecule has 1 unspecified atom stereocenters. The zero-order chi connectivity index (χ0) is 5.70. The summed E-state index contributed by atoms with van der Waals surface area (Å²) in [5, 5.41) is 0. The van der Waals surface area contributed by atoms with Crippen LogP contribution in [0.5, 0.6) is 0 Å². The van der Waals surface area contributed by atoms with E-state index in [1.165, 1.54) is 0 Å². The molecule has 1 heterocycles. The summed E-state index contributed by atoms with van der Waals surface area (Å²) in [7, 11) is 0. The zero-order valence-corrected chi connectivity index (χ0v) is 7.31. The predicted molar refractivity (Wildman–Crippen MR) is 22.4 cm³/mol. The Labute approximate surface area is 72.0 Å². The first-order valence-corrected chi connectivity index (χ1v) is 2.63. The van der Waals surface area contributed by atoms with E-state index < -0.39 is 11.4 Å². The van der Waals surface area contributed by atoms with Gasteiger partial charge in [0.1, 0.15) is 0 Å². The summed E-state index contributed by atoms with van der Waals surface area (Å²) in [6, 6.07) is 0. The van der Waals surface area contributed by atoms with E-state index in [4.69, 9.17) is 13.3 Å². The monoisotopic (exact) mass is 148 g/mol. The minimum atomic E-state index is -2.86. The fourth-order valence-corrected chi connectivity index (χ4v) is 0. The molecule has 6 heteroatoms. The van der Waals surface area contributed by atoms with Crippen LogP contribution in [0.4, 0.5) is 0 Å². The van der Waals surface area contributed by atoms with Crippen LogP contribution in [-0.4, -0.2) is 26.5 Å². The molecule has 0 bridgehead atoms. The van der Waals surface area contributed by atoms with Crippen LogP contribution >= 0.6 is 0 Å². The average Bonchev–Trinajstić information content (AvgIpc) is 2.02. The first-order chi connectivity index (χ1) is 3.23. The maximum absolute atomic E-state index is 8.56. The summed E-state index contributed by atoms with van der Waals surface area (Å²) in [5.74, 6) is 0. The van der Waals surface area contributed by atoms with Crippen LogP contribution in [0.25, 0.3) is 0 Å². The van der Waals surface area contributed by atoms with E-state index in [0.29, 0.717) is 0 Å². The summed E-state index contributed by atoms with van der Waals surface area (Å²) in [4.78, 5) is 0. The molecule has 1 rings (SSSR count). The molecular formula is C2H5NaO4S. The van der Waals surface area contributed by atoms with E-state index >= 15 is 0 Å². The molecule has 8 heavy (non-hydrogen) atoms. The van der Waals surface area contributed by atoms with Gasteiger partial charge in [-0.25, -0.2) is 4.21 Å². The van der Waals surface area contributed by atoms with Gasteiger partial charge in [0.25, 0.3) is 0 Å². The maximum atomic E-state index is 8.56. The molecule has 1 aliphatic rings. The van der Waals surface area contributed by atoms with Gasteiger partial charge in [-0.15, -0.1) is 0 Å². The van der Waals surface area contributed by atoms with Gasteiger partial charge in [-0.2, -0.15) is 0 Å². The SMILES string of the molecule is C1CO1.O=S([O-])O.[Na+]. The molecular weight excluding hydrogens is 143 g/mol. The van der Waals surface area contributed by atoms with Crippen molar-refractivity contribution in [2.75, 3.05) is 13.2 Å². The standard InChI is InChI=1S/C2H4O.Na.H2O3S/c1-2-3-1;;1-4(2)3/h1-2H2;;(H2,1,2,3)/q;+1;/p-1. The predicted octanol–water partition coefficient (Wildman–Crippen LogP) is -3.64. The van der Waals surface area contributed by atoms with Crippen LogP contribution in [0, 0.1) is 0 Å². The van der Waals surface area contributed by atoms with E-state index in [-0.39, 0.29) is 29.6 Å². The molecule has 0 aromatic heterocycles. The molecule has 4 nitrogen and oxygen atoms in total. The number of rotatable bonds is 0. The van der Waals surface area contributed by atoms with Crippen LogP contribution < -0.4 is 29.6 Å². The molecule has 1 aliphatic heterocycles. The molecule has 0 radical (unpaired) electrons. The molecule has 0 amide bonds. The Morgan fingerprint density at radius 2 is 1.75 bits per heavy atom. The van der Waals surface area contributed by atoms with E-state index in [1.54, 1.807) is 0 Å². The van der Waals surface area contributed by atoms with Gasteiger partial charge in [-0.3, -0.25) is 0 Å². The van der Waals surface area contributed by atoms with Crippen LogP contribution in [-0.2, 0) is 16.1 Å². The van der Waals surface area contributed by atoms with Crippen LogP contribution in [0.15, 0.2) is 0 Å². The van der Waals surface area contributed by atoms with Crippen LogP contribution in [0.2, 0.25) is 0 Å². The third kappa shape index (κ3) is 62.0. The fraction of sp³-hybridized carbons (Fsp3) is 1.00. The maximum Gasteiger partial charge on any atom is 1.00 e. The van der Waals surface area contributed by atoms with Crippen molar-refractivity contribution in [3.63, 3.8) is 0 Å². The van der Waals surface area contributed by atoms with Gasteiger partial charge in [-0.05, 0) is 0 Å². The van der Waals surface area contributed by atoms with Gasteiger partial charge < -0.3 is 13.8 Å². The summed E-state index contributed by atoms with van der Waals surface area (Å²) in [6.45, 7) is 2.00. The van der Waals surface area contributed by atoms with Gasteiger partial charge in [0.05, 0.1) is 24.6 Å². The van der Waals surface area contributed by atoms with E-state index in [1.807, 2.05) is 0 Å². The first-order valence-electron chi connectivity index (χ1n) is 1.59. The topological polar surface area (TPSA) is 72.9 Å². The minimum Gasteiger partial charge on any atom is -0.750 e. The fourth-order valence-electron chi connectivity index (χ4n) is 0. The van der Waals surface area contributed by atoms with Gasteiger partial charge in [0.2, 0.25) is 0 Å². The Morgan fingerprint density at radius 3 is 1.75 bits per heavy atom. The van der Waals surface area contributed by atoms with E-state index in [0.717, 1.165) is 13.2 Å². The van der Waals surface area contributed by atoms with Crippen LogP contribution in [0.1, 0.15) is 0 Å². The van der Waals surface area contributed by atoms with Crippen molar-refractivity contribution in [2.24, 2.45) is 0 Å². The van der Waals surface area contributed by atoms with Crippen molar-refractivity contribution in [1.82, 2.24) is 0 Å². The van der Waals surface area contributed by atoms with E-state index in [9.17, 15) is 0 Å². The second-order valence-electron chi connectivity index (χ2n) is 0.829. The zero-order valence-electron chi connectivity index (χ0n) is 4.49. The average molecular weight is 148 g/mol. The van der Waals surface area contributed by atoms with Gasteiger partial charge in [0.15, 0.2) is 0 Å². The smallest absolute Gasteiger partial charge is 0.750 e. The first kappa shape index (κ1) is 11.8. The number of epoxide rings is 1. The van der Waals surface area contributed by atoms with Crippen molar-refractivity contribution in [3.8, 4) is 0 Å². The molecule has 0 spiro atoms. The van der Waals surface area contributed by atoms with Crippen LogP contribution in [0.3, 0.4) is 0 Å². The third-order valence-electron chi connectivity index (χ3n) is 0.204. The van der Waals surface area contributed by atoms with Gasteiger partial charge >= 0.3 is 29.6 Å². The van der Waals surface area contributed by atoms with E-state index in [2.05, 4.69) is 4.74 Å². The second-order valence-corrected chi connectivity index (χ2v) is 1.26. The normalized spacial score (nSPS) is 16.8. The Balaban J connectivity index is 0. The number of hydrogen-bond acceptors (Lipinski definition) is 3. The molecule has 1 N–H and O–H groups in total. The summed E-state index contributed by atoms with van der Waals surface area (Å²) >= 11 is -2.86. The molecule has 44 valence electrons. The quantitative estimate of drug-likeness (QED) is 0.218. The summed E-state index contributed by atoms with van der Waals surface area (Å²) in [5.41, 5.74) is 0. The molecule has 0 aromatic carbocycles. The Morgan fingerprint density at radius 1 is 1.62 bits per heavy atom. The Kier molecular flexibility index (Phi) is 11.8. The van der Waals surface area contributed by atoms with Gasteiger partial charge in [-0.1, -0.05) is 0 Å². The molecule has 0 aliphatic carbocycles. The molecule has 0 aromatic rings. The van der Waals surface area contributed by atoms with Crippen molar-refractivity contribution in [2.45, 2.75) is 0 Å². The second kappa shape index (κ2) is 8.03. The number of ether oxygens (including phenoxy) is 1. The minimum absolute atomic E-state index is 0. The van der Waals surface area contributed by atoms with Crippen molar-refractivity contribution < 1.29 is 47.6 Å². The molecule has 0 saturated carbocycles.